The number of rotatable bonds is 3. The van der Waals surface area contributed by atoms with E-state index in [9.17, 15) is 13.2 Å². The summed E-state index contributed by atoms with van der Waals surface area (Å²) in [6.07, 6.45) is 0.869. The number of hydrogen-bond acceptors (Lipinski definition) is 3. The van der Waals surface area contributed by atoms with Gasteiger partial charge in [-0.3, -0.25) is 0 Å². The lowest BCUT2D eigenvalue weighted by atomic mass is 10.5. The molecule has 0 unspecified atom stereocenters. The number of imidazole rings is 1. The van der Waals surface area contributed by atoms with Crippen molar-refractivity contribution in [3.05, 3.63) is 36.9 Å². The molecule has 2 rings (SSSR count). The largest absolute Gasteiger partial charge is 0.434 e. The van der Waals surface area contributed by atoms with Crippen LogP contribution in [-0.4, -0.2) is 20.9 Å². The Labute approximate surface area is 94.8 Å². The summed E-state index contributed by atoms with van der Waals surface area (Å²) in [5.74, 6) is 0.294. The van der Waals surface area contributed by atoms with Crippen LogP contribution < -0.4 is 5.32 Å². The molecule has 7 heteroatoms. The Balaban J connectivity index is 2.49. The Kier molecular flexibility index (Phi) is 2.74. The summed E-state index contributed by atoms with van der Waals surface area (Å²) in [7, 11) is 0. The molecule has 0 aromatic carbocycles. The molecule has 0 aliphatic rings. The summed E-state index contributed by atoms with van der Waals surface area (Å²) < 4.78 is 38.7. The van der Waals surface area contributed by atoms with E-state index in [1.807, 2.05) is 0 Å². The summed E-state index contributed by atoms with van der Waals surface area (Å²) in [5, 5.41) is 2.82. The first kappa shape index (κ1) is 11.4. The average molecular weight is 242 g/mol. The van der Waals surface area contributed by atoms with Crippen LogP contribution >= 0.6 is 0 Å². The van der Waals surface area contributed by atoms with Crippen LogP contribution in [0.5, 0.6) is 0 Å². The molecule has 0 radical (unpaired) electrons. The van der Waals surface area contributed by atoms with E-state index in [0.29, 0.717) is 12.4 Å². The molecular weight excluding hydrogens is 233 g/mol. The molecular formula is C10H9F3N4. The van der Waals surface area contributed by atoms with Gasteiger partial charge in [0.1, 0.15) is 0 Å². The summed E-state index contributed by atoms with van der Waals surface area (Å²) in [5.41, 5.74) is -0.797. The second-order valence-electron chi connectivity index (χ2n) is 3.30. The number of alkyl halides is 3. The molecule has 2 aromatic heterocycles. The quantitative estimate of drug-likeness (QED) is 0.840. The fourth-order valence-electron chi connectivity index (χ4n) is 1.35. The van der Waals surface area contributed by atoms with Crippen LogP contribution in [0, 0.1) is 0 Å². The lowest BCUT2D eigenvalue weighted by Crippen LogP contribution is -2.05. The number of nitrogens with zero attached hydrogens (tertiary/aromatic N) is 3. The Morgan fingerprint density at radius 1 is 1.47 bits per heavy atom. The molecule has 0 bridgehead atoms. The average Bonchev–Trinajstić information content (AvgIpc) is 2.70. The highest BCUT2D eigenvalue weighted by Crippen LogP contribution is 2.29. The van der Waals surface area contributed by atoms with Gasteiger partial charge in [-0.2, -0.15) is 13.2 Å². The van der Waals surface area contributed by atoms with Crippen molar-refractivity contribution in [1.82, 2.24) is 14.4 Å². The third-order valence-corrected chi connectivity index (χ3v) is 2.08. The van der Waals surface area contributed by atoms with Gasteiger partial charge < -0.3 is 9.72 Å². The third-order valence-electron chi connectivity index (χ3n) is 2.08. The van der Waals surface area contributed by atoms with E-state index < -0.39 is 11.9 Å². The minimum absolute atomic E-state index is 0.140. The minimum atomic E-state index is -4.46. The molecule has 2 aromatic rings. The minimum Gasteiger partial charge on any atom is -0.364 e. The molecule has 90 valence electrons. The molecule has 0 amide bonds. The lowest BCUT2D eigenvalue weighted by molar-refractivity contribution is -0.140. The van der Waals surface area contributed by atoms with Crippen LogP contribution in [0.2, 0.25) is 0 Å². The summed E-state index contributed by atoms with van der Waals surface area (Å²) in [6.45, 7) is 3.91. The highest BCUT2D eigenvalue weighted by atomic mass is 19.4. The van der Waals surface area contributed by atoms with Gasteiger partial charge in [-0.1, -0.05) is 6.08 Å². The molecule has 0 saturated carbocycles. The number of hydrogen-bond donors (Lipinski definition) is 1. The van der Waals surface area contributed by atoms with Gasteiger partial charge in [0.25, 0.3) is 0 Å². The second kappa shape index (κ2) is 4.08. The highest BCUT2D eigenvalue weighted by Gasteiger charge is 2.34. The molecule has 0 aliphatic heterocycles. The maximum Gasteiger partial charge on any atom is 0.434 e. The molecule has 1 N–H and O–H groups in total. The Bertz CT molecular complexity index is 544. The van der Waals surface area contributed by atoms with Crippen LogP contribution in [0.3, 0.4) is 0 Å². The molecule has 0 aliphatic carbocycles. The first-order chi connectivity index (χ1) is 8.02. The predicted octanol–water partition coefficient (Wildman–Crippen LogP) is 2.35. The fraction of sp³-hybridized carbons (Fsp3) is 0.200. The van der Waals surface area contributed by atoms with Gasteiger partial charge in [0.05, 0.1) is 0 Å². The standard InChI is InChI=1S/C10H9F3N4/c1-2-3-14-8-9-16-7(10(11,12)13)6-17(9)5-4-15-8/h2,4-6H,1,3H2,(H,14,15). The summed E-state index contributed by atoms with van der Waals surface area (Å²) in [6, 6.07) is 0. The zero-order valence-electron chi connectivity index (χ0n) is 8.70. The van der Waals surface area contributed by atoms with Crippen LogP contribution in [0.15, 0.2) is 31.2 Å². The summed E-state index contributed by atoms with van der Waals surface area (Å²) in [4.78, 5) is 7.45. The molecule has 0 saturated heterocycles. The zero-order chi connectivity index (χ0) is 12.5. The number of aromatic nitrogens is 3. The van der Waals surface area contributed by atoms with Crippen LogP contribution in [-0.2, 0) is 6.18 Å². The number of anilines is 1. The van der Waals surface area contributed by atoms with Crippen molar-refractivity contribution in [1.29, 1.82) is 0 Å². The fourth-order valence-corrected chi connectivity index (χ4v) is 1.35. The molecule has 0 atom stereocenters. The Morgan fingerprint density at radius 2 is 2.24 bits per heavy atom. The van der Waals surface area contributed by atoms with Gasteiger partial charge in [-0.15, -0.1) is 6.58 Å². The normalized spacial score (nSPS) is 11.7. The van der Waals surface area contributed by atoms with Crippen LogP contribution in [0.1, 0.15) is 5.69 Å². The van der Waals surface area contributed by atoms with Crippen molar-refractivity contribution < 1.29 is 13.2 Å². The second-order valence-corrected chi connectivity index (χ2v) is 3.30. The van der Waals surface area contributed by atoms with Gasteiger partial charge >= 0.3 is 6.18 Å². The Hall–Kier alpha value is -2.05. The van der Waals surface area contributed by atoms with Gasteiger partial charge in [-0.05, 0) is 0 Å². The molecule has 2 heterocycles. The number of halogens is 3. The Morgan fingerprint density at radius 3 is 2.88 bits per heavy atom. The third kappa shape index (κ3) is 2.22. The summed E-state index contributed by atoms with van der Waals surface area (Å²) >= 11 is 0. The first-order valence-electron chi connectivity index (χ1n) is 4.78. The zero-order valence-corrected chi connectivity index (χ0v) is 8.70. The van der Waals surface area contributed by atoms with Gasteiger partial charge in [-0.25, -0.2) is 9.97 Å². The van der Waals surface area contributed by atoms with Crippen molar-refractivity contribution in [3.8, 4) is 0 Å². The monoisotopic (exact) mass is 242 g/mol. The van der Waals surface area contributed by atoms with E-state index in [2.05, 4.69) is 21.9 Å². The van der Waals surface area contributed by atoms with Crippen LogP contribution in [0.25, 0.3) is 5.65 Å². The molecule has 17 heavy (non-hydrogen) atoms. The number of nitrogens with one attached hydrogen (secondary N) is 1. The topological polar surface area (TPSA) is 42.2 Å². The van der Waals surface area contributed by atoms with Crippen molar-refractivity contribution >= 4 is 11.5 Å². The van der Waals surface area contributed by atoms with E-state index in [1.165, 1.54) is 16.8 Å². The number of fused-ring (bicyclic) bond motifs is 1. The van der Waals surface area contributed by atoms with E-state index in [1.54, 1.807) is 6.08 Å². The van der Waals surface area contributed by atoms with E-state index in [0.717, 1.165) is 6.20 Å². The van der Waals surface area contributed by atoms with Gasteiger partial charge in [0.15, 0.2) is 17.2 Å². The van der Waals surface area contributed by atoms with Crippen molar-refractivity contribution in [3.63, 3.8) is 0 Å². The maximum absolute atomic E-state index is 12.5. The highest BCUT2D eigenvalue weighted by molar-refractivity contribution is 5.63. The van der Waals surface area contributed by atoms with E-state index in [-0.39, 0.29) is 5.65 Å². The van der Waals surface area contributed by atoms with Gasteiger partial charge in [0, 0.05) is 25.1 Å². The predicted molar refractivity (Wildman–Crippen MR) is 56.7 cm³/mol. The molecule has 0 spiro atoms. The van der Waals surface area contributed by atoms with E-state index in [4.69, 9.17) is 0 Å². The van der Waals surface area contributed by atoms with Crippen LogP contribution in [0.4, 0.5) is 19.0 Å². The van der Waals surface area contributed by atoms with Crippen molar-refractivity contribution in [2.24, 2.45) is 0 Å². The molecule has 0 fully saturated rings. The first-order valence-corrected chi connectivity index (χ1v) is 4.78. The van der Waals surface area contributed by atoms with Crippen molar-refractivity contribution in [2.75, 3.05) is 11.9 Å². The maximum atomic E-state index is 12.5. The molecule has 4 nitrogen and oxygen atoms in total. The van der Waals surface area contributed by atoms with Gasteiger partial charge in [0.2, 0.25) is 0 Å². The lowest BCUT2D eigenvalue weighted by Gasteiger charge is -2.02. The van der Waals surface area contributed by atoms with Crippen molar-refractivity contribution in [2.45, 2.75) is 6.18 Å². The smallest absolute Gasteiger partial charge is 0.364 e. The van der Waals surface area contributed by atoms with E-state index >= 15 is 0 Å². The SMILES string of the molecule is C=CCNc1nccn2cc(C(F)(F)F)nc12.